The molecule has 1 saturated heterocycles. The van der Waals surface area contributed by atoms with Gasteiger partial charge in [-0.2, -0.15) is 13.5 Å². The highest BCUT2D eigenvalue weighted by molar-refractivity contribution is 7.91. The number of anilines is 2. The second-order valence-corrected chi connectivity index (χ2v) is 46.0. The van der Waals surface area contributed by atoms with E-state index >= 15 is 8.42 Å². The van der Waals surface area contributed by atoms with Crippen molar-refractivity contribution < 1.29 is 88.7 Å². The molecule has 0 aromatic heterocycles. The quantitative estimate of drug-likeness (QED) is 0.00859. The smallest absolute Gasteiger partial charge is 0.251 e. The Balaban J connectivity index is 0.559. The molecule has 1 saturated carbocycles. The first-order valence-electron chi connectivity index (χ1n) is 47.4. The van der Waals surface area contributed by atoms with Gasteiger partial charge in [-0.1, -0.05) is 174 Å². The summed E-state index contributed by atoms with van der Waals surface area (Å²) in [4.78, 5) is 71.0. The molecule has 8 aliphatic rings. The maximum atomic E-state index is 15.4. The van der Waals surface area contributed by atoms with Crippen LogP contribution in [0.2, 0.25) is 0 Å². The summed E-state index contributed by atoms with van der Waals surface area (Å²) in [7, 11) is -24.0. The predicted molar refractivity (Wildman–Crippen MR) is 530 cm³/mol. The third-order valence-electron chi connectivity index (χ3n) is 28.6. The van der Waals surface area contributed by atoms with Gasteiger partial charge in [0.15, 0.2) is 22.1 Å². The van der Waals surface area contributed by atoms with Crippen molar-refractivity contribution in [3.63, 3.8) is 0 Å². The van der Waals surface area contributed by atoms with Crippen LogP contribution >= 0.6 is 0 Å². The Morgan fingerprint density at radius 2 is 1.22 bits per heavy atom. The van der Waals surface area contributed by atoms with Gasteiger partial charge < -0.3 is 49.6 Å². The van der Waals surface area contributed by atoms with E-state index in [-0.39, 0.29) is 113 Å². The summed E-state index contributed by atoms with van der Waals surface area (Å²) in [6, 6.07) is 52.5. The lowest BCUT2D eigenvalue weighted by Crippen LogP contribution is -2.55. The fraction of sp³-hybridized carbons (Fsp3) is 0.349. The van der Waals surface area contributed by atoms with E-state index in [2.05, 4.69) is 72.5 Å². The average molecular weight is 1980 g/mol. The van der Waals surface area contributed by atoms with Crippen LogP contribution in [0, 0.1) is 11.8 Å². The van der Waals surface area contributed by atoms with Gasteiger partial charge in [-0.15, -0.1) is 0 Å². The van der Waals surface area contributed by atoms with Crippen LogP contribution in [0.15, 0.2) is 253 Å². The van der Waals surface area contributed by atoms with Gasteiger partial charge >= 0.3 is 0 Å². The molecular formula is C106H112N9O19S5-. The van der Waals surface area contributed by atoms with Crippen molar-refractivity contribution in [2.24, 2.45) is 11.8 Å². The molecule has 9 aromatic carbocycles. The minimum Gasteiger partial charge on any atom is -0.744 e. The van der Waals surface area contributed by atoms with E-state index < -0.39 is 111 Å². The van der Waals surface area contributed by atoms with Crippen molar-refractivity contribution in [1.29, 1.82) is 0 Å². The van der Waals surface area contributed by atoms with E-state index in [0.29, 0.717) is 95.3 Å². The highest BCUT2D eigenvalue weighted by Gasteiger charge is 2.47. The summed E-state index contributed by atoms with van der Waals surface area (Å²) in [5.74, 6) is -2.61. The fourth-order valence-electron chi connectivity index (χ4n) is 21.7. The Morgan fingerprint density at radius 3 is 1.95 bits per heavy atom. The average Bonchev–Trinajstić information content (AvgIpc) is 1.54. The number of piperidine rings is 1. The third-order valence-corrected chi connectivity index (χ3v) is 34.2. The maximum Gasteiger partial charge on any atom is 0.251 e. The van der Waals surface area contributed by atoms with Crippen LogP contribution in [-0.4, -0.2) is 171 Å². The number of nitrogens with one attached hydrogen (secondary N) is 5. The number of rotatable bonds is 32. The van der Waals surface area contributed by atoms with Crippen LogP contribution in [0.4, 0.5) is 22.7 Å². The highest BCUT2D eigenvalue weighted by atomic mass is 32.2. The lowest BCUT2D eigenvalue weighted by molar-refractivity contribution is -0.433. The van der Waals surface area contributed by atoms with E-state index in [9.17, 15) is 71.3 Å². The topological polar surface area (TPSA) is 411 Å². The molecule has 0 spiro atoms. The summed E-state index contributed by atoms with van der Waals surface area (Å²) in [5, 5.41) is 16.7. The van der Waals surface area contributed by atoms with E-state index in [0.717, 1.165) is 121 Å². The van der Waals surface area contributed by atoms with Crippen LogP contribution in [0.3, 0.4) is 0 Å². The summed E-state index contributed by atoms with van der Waals surface area (Å²) >= 11 is 0. The Bertz CT molecular complexity index is 7590. The van der Waals surface area contributed by atoms with Gasteiger partial charge in [-0.25, -0.2) is 42.1 Å². The maximum absolute atomic E-state index is 15.4. The lowest BCUT2D eigenvalue weighted by Gasteiger charge is -2.31. The van der Waals surface area contributed by atoms with Gasteiger partial charge in [0.05, 0.1) is 36.0 Å². The van der Waals surface area contributed by atoms with Crippen LogP contribution in [0.5, 0.6) is 0 Å². The molecule has 1 unspecified atom stereocenters. The molecule has 5 amide bonds. The first-order chi connectivity index (χ1) is 66.3. The van der Waals surface area contributed by atoms with E-state index in [1.807, 2.05) is 118 Å². The van der Waals surface area contributed by atoms with Gasteiger partial charge in [-0.3, -0.25) is 24.0 Å². The second-order valence-electron chi connectivity index (χ2n) is 38.0. The van der Waals surface area contributed by atoms with Gasteiger partial charge in [0.25, 0.3) is 5.91 Å². The first kappa shape index (κ1) is 98.4. The zero-order valence-corrected chi connectivity index (χ0v) is 82.3. The van der Waals surface area contributed by atoms with Crippen molar-refractivity contribution in [1.82, 2.24) is 35.5 Å². The number of carbonyl (C=O) groups excluding carboxylic acids is 5. The lowest BCUT2D eigenvalue weighted by atomic mass is 9.78. The van der Waals surface area contributed by atoms with Crippen molar-refractivity contribution in [3.8, 4) is 22.5 Å². The number of hydrogen-bond donors (Lipinski definition) is 5. The van der Waals surface area contributed by atoms with Gasteiger partial charge in [-0.05, 0) is 177 Å². The predicted octanol–water partition coefficient (Wildman–Crippen LogP) is 14.5. The van der Waals surface area contributed by atoms with E-state index in [4.69, 9.17) is 4.42 Å². The van der Waals surface area contributed by atoms with Crippen molar-refractivity contribution in [2.45, 2.75) is 191 Å². The summed E-state index contributed by atoms with van der Waals surface area (Å²) in [6.45, 7) is 11.3. The monoisotopic (exact) mass is 1970 g/mol. The molecule has 139 heavy (non-hydrogen) atoms. The number of benzene rings is 10. The number of unbranched alkanes of at least 4 members (excludes halogenated alkanes) is 2. The summed E-state index contributed by atoms with van der Waals surface area (Å²) in [6.07, 6.45) is 19.3. The van der Waals surface area contributed by atoms with Gasteiger partial charge in [0.2, 0.25) is 50.4 Å². The number of sulfone groups is 1. The number of para-hydroxylation sites is 2. The number of sulfonamides is 1. The molecule has 17 rings (SSSR count). The molecule has 5 N–H and O–H groups in total. The summed E-state index contributed by atoms with van der Waals surface area (Å²) in [5.41, 5.74) is 10.7. The third kappa shape index (κ3) is 20.4. The molecule has 33 heteroatoms. The van der Waals surface area contributed by atoms with Crippen molar-refractivity contribution in [2.75, 3.05) is 63.5 Å². The van der Waals surface area contributed by atoms with E-state index in [1.165, 1.54) is 33.6 Å². The largest absolute Gasteiger partial charge is 0.744 e. The van der Waals surface area contributed by atoms with E-state index in [1.54, 1.807) is 66.7 Å². The molecule has 0 bridgehead atoms. The minimum atomic E-state index is -5.26. The zero-order valence-electron chi connectivity index (χ0n) is 78.2. The standard InChI is InChI=1S/C106H113N9O19S5/c1-7-113-90-47-46-78-84(64-75(137(125,126)127)66-95(78)139(131,132)133)100(90)106(4,5)96(113)38-18-11-17-34-85-76(79-45-44-77-83(99(79)105(85,2)3)63-74(135(6,121)122)65-94(77)138(128,129)130)32-16-10-19-39-97(116)107-54-55-109-103(119)86(110-104(120)87(60-67-26-12-8-13-27-67)111-102(118)70-30-14-9-15-31-70)48-53-108-101(117)71-49-56-112(57-50-71)136(123,124)93-37-25-22-33-82(93)98-80-42-40-72(114-58-51-68-28-20-23-35-88(68)114)61-91(80)134-92-62-73(41-43-81(92)98)115-59-52-69-29-21-24-36-89(69)115/h9,11,14-15,17-18,20-25,28-31,33-38,40-47,61-67,71,76,86-87H,7-8,10,12-13,16,19,26-27,32,39,48-60H2,1-6H3,(H6-2,107,108,109,110,111,116,117,118,119,120,125,126,127,128,129,130,131,132,133)/p-1/b17-11+,38-18+,85-34+/t76?,86-,87-/m0/s1. The number of hydrogen-bond acceptors (Lipinski definition) is 20. The number of carbonyl (C=O) groups is 5. The fourth-order valence-corrected chi connectivity index (χ4v) is 26.2. The van der Waals surface area contributed by atoms with Gasteiger partial charge in [0.1, 0.15) is 60.3 Å². The van der Waals surface area contributed by atoms with Crippen LogP contribution in [0.25, 0.3) is 55.0 Å². The van der Waals surface area contributed by atoms with Crippen molar-refractivity contribution in [3.05, 3.63) is 263 Å². The Hall–Kier alpha value is -12.2. The zero-order chi connectivity index (χ0) is 98.4. The number of fused-ring (bicyclic) bond motifs is 10. The molecule has 9 aromatic rings. The van der Waals surface area contributed by atoms with Crippen LogP contribution in [0.1, 0.15) is 169 Å². The molecule has 28 nitrogen and oxygen atoms in total. The number of allylic oxidation sites excluding steroid dienone is 6. The molecule has 3 aliphatic carbocycles. The van der Waals surface area contributed by atoms with Crippen LogP contribution < -0.4 is 41.4 Å². The molecule has 3 atom stereocenters. The minimum absolute atomic E-state index is 0.00744. The molecular weight excluding hydrogens is 1860 g/mol. The Labute approximate surface area is 810 Å². The SMILES string of the molecule is CC[N+]1=C(/C=C/C=C/C=C2\C(CCCCCC(=O)NCCNC(=O)[C@H](CCNC(=O)C3CCN(S(=O)(=O)c4ccccc4-c4c5ccc(=[N+]6CCc7ccccc76)cc-5oc5cc(N6CCc7ccccc76)ccc45)CC3)NC(=O)[C@H](CC3CCCCC3)NC(=O)c3ccccc3)c3ccc4c(S(=O)(=O)[O-])cc(S(C)(=O)=O)cc4c3C2(C)C)C(C)(C)c2c1ccc1c(S(=O)(=O)[O-])cc(S(=O)(=O)[O-])cc21. The first-order valence-corrected chi connectivity index (χ1v) is 55.0. The van der Waals surface area contributed by atoms with Crippen molar-refractivity contribution >= 4 is 141 Å². The summed E-state index contributed by atoms with van der Waals surface area (Å²) < 4.78 is 184. The number of amides is 5. The van der Waals surface area contributed by atoms with Crippen LogP contribution in [-0.2, 0) is 93.1 Å². The number of nitrogens with zero attached hydrogens (tertiary/aromatic N) is 4. The molecule has 0 radical (unpaired) electrons. The Kier molecular flexibility index (Phi) is 28.2. The molecule has 726 valence electrons. The molecule has 5 heterocycles. The molecule has 2 fully saturated rings. The second kappa shape index (κ2) is 39.8. The van der Waals surface area contributed by atoms with Gasteiger partial charge in [0, 0.05) is 161 Å². The molecule has 5 aliphatic heterocycles. The Morgan fingerprint density at radius 1 is 0.554 bits per heavy atom. The highest BCUT2D eigenvalue weighted by Crippen LogP contribution is 2.56. The normalized spacial score (nSPS) is 18.1.